The maximum Gasteiger partial charge on any atom is 0.00171 e. The summed E-state index contributed by atoms with van der Waals surface area (Å²) in [6, 6.07) is 1.35. The van der Waals surface area contributed by atoms with Crippen LogP contribution in [-0.4, -0.2) is 14.1 Å². The van der Waals surface area contributed by atoms with Gasteiger partial charge in [-0.05, 0) is 19.4 Å². The molecule has 0 saturated carbocycles. The average Bonchev–Trinajstić information content (AvgIpc) is 1.68. The monoisotopic (exact) mass is 113 g/mol. The van der Waals surface area contributed by atoms with Gasteiger partial charge in [0.05, 0.1) is 0 Å². The zero-order valence-corrected chi connectivity index (χ0v) is 6.20. The summed E-state index contributed by atoms with van der Waals surface area (Å²) in [5.74, 6) is 0. The largest absolute Gasteiger partial charge is 0.104 e. The molecule has 0 aliphatic rings. The van der Waals surface area contributed by atoms with Gasteiger partial charge in [-0.15, -0.1) is 5.67 Å². The van der Waals surface area contributed by atoms with Crippen LogP contribution in [0.15, 0.2) is 0 Å². The lowest BCUT2D eigenvalue weighted by atomic mass is 10.6. The molecular weight excluding hydrogens is 100 g/mol. The molecule has 1 heteroatoms. The van der Waals surface area contributed by atoms with E-state index in [0.717, 1.165) is 6.42 Å². The number of hydrogen-bond donors (Lipinski definition) is 0. The van der Waals surface area contributed by atoms with Crippen LogP contribution in [0.2, 0.25) is 12.6 Å². The van der Waals surface area contributed by atoms with Crippen LogP contribution in [0, 0.1) is 6.92 Å². The minimum Gasteiger partial charge on any atom is -0.104 e. The van der Waals surface area contributed by atoms with E-state index in [-0.39, 0.29) is 8.41 Å². The third kappa shape index (κ3) is 3.93. The molecular formula is C6H13Si. The van der Waals surface area contributed by atoms with Gasteiger partial charge in [-0.2, -0.15) is 0 Å². The second-order valence-electron chi connectivity index (χ2n) is 1.69. The molecule has 0 aliphatic carbocycles. The van der Waals surface area contributed by atoms with Gasteiger partial charge in [0, 0.05) is 8.41 Å². The van der Waals surface area contributed by atoms with E-state index < -0.39 is 0 Å². The number of rotatable bonds is 2. The van der Waals surface area contributed by atoms with Gasteiger partial charge in [0.1, 0.15) is 0 Å². The molecule has 0 saturated heterocycles. The van der Waals surface area contributed by atoms with Crippen LogP contribution in [0.5, 0.6) is 0 Å². The molecule has 7 heavy (non-hydrogen) atoms. The molecule has 0 spiro atoms. The van der Waals surface area contributed by atoms with Crippen molar-refractivity contribution >= 4 is 14.1 Å². The van der Waals surface area contributed by atoms with Crippen LogP contribution in [0.1, 0.15) is 13.3 Å². The third-order valence-electron chi connectivity index (χ3n) is 1.05. The fourth-order valence-electron chi connectivity index (χ4n) is 0.391. The molecule has 41 valence electrons. The van der Waals surface area contributed by atoms with Gasteiger partial charge < -0.3 is 0 Å². The summed E-state index contributed by atoms with van der Waals surface area (Å²) >= 11 is 0. The first-order valence-corrected chi connectivity index (χ1v) is 5.04. The number of hydrogen-bond acceptors (Lipinski definition) is 0. The molecule has 0 aliphatic heterocycles. The summed E-state index contributed by atoms with van der Waals surface area (Å²) in [5.41, 5.74) is 2.34. The quantitative estimate of drug-likeness (QED) is 0.478. The molecule has 0 bridgehead atoms. The van der Waals surface area contributed by atoms with Crippen LogP contribution >= 0.6 is 0 Å². The fraction of sp³-hybridized carbons (Fsp3) is 0.667. The first kappa shape index (κ1) is 7.09. The predicted octanol–water partition coefficient (Wildman–Crippen LogP) is 1.74. The molecule has 0 atom stereocenters. The molecule has 0 rings (SSSR count). The molecule has 0 nitrogen and oxygen atoms in total. The van der Waals surface area contributed by atoms with Crippen molar-refractivity contribution in [2.45, 2.75) is 25.9 Å². The van der Waals surface area contributed by atoms with E-state index >= 15 is 0 Å². The molecule has 1 radical (unpaired) electrons. The Morgan fingerprint density at radius 2 is 2.29 bits per heavy atom. The highest BCUT2D eigenvalue weighted by Crippen LogP contribution is 1.78. The molecule has 0 aromatic carbocycles. The maximum atomic E-state index is 3.74. The van der Waals surface area contributed by atoms with Crippen molar-refractivity contribution in [2.75, 3.05) is 0 Å². The zero-order chi connectivity index (χ0) is 5.70. The highest BCUT2D eigenvalue weighted by Gasteiger charge is 1.78. The van der Waals surface area contributed by atoms with Crippen molar-refractivity contribution in [3.8, 4) is 0 Å². The minimum atomic E-state index is -0.0674. The first-order valence-electron chi connectivity index (χ1n) is 2.76. The van der Waals surface area contributed by atoms with Crippen molar-refractivity contribution in [3.63, 3.8) is 0 Å². The van der Waals surface area contributed by atoms with Crippen LogP contribution in [0.25, 0.3) is 0 Å². The topological polar surface area (TPSA) is 0 Å². The van der Waals surface area contributed by atoms with E-state index in [4.69, 9.17) is 0 Å². The van der Waals surface area contributed by atoms with Gasteiger partial charge in [0.15, 0.2) is 0 Å². The molecule has 0 amide bonds. The van der Waals surface area contributed by atoms with Crippen molar-refractivity contribution in [1.82, 2.24) is 0 Å². The van der Waals surface area contributed by atoms with Crippen LogP contribution in [-0.2, 0) is 0 Å². The lowest BCUT2D eigenvalue weighted by Crippen LogP contribution is -1.93. The van der Waals surface area contributed by atoms with E-state index in [0.29, 0.717) is 0 Å². The molecule has 0 aromatic heterocycles. The molecule has 0 aromatic rings. The standard InChI is InChI=1S/C6H13Si/c1-4-6-7(3)5-2/h6H,1,4-5H2,2-3H3. The minimum absolute atomic E-state index is 0.0674. The Balaban J connectivity index is 3.29. The normalized spacial score (nSPS) is 12.1. The van der Waals surface area contributed by atoms with Gasteiger partial charge in [0.25, 0.3) is 0 Å². The van der Waals surface area contributed by atoms with E-state index in [9.17, 15) is 0 Å². The highest BCUT2D eigenvalue weighted by atomic mass is 28.2. The average molecular weight is 113 g/mol. The van der Waals surface area contributed by atoms with Gasteiger partial charge in [-0.1, -0.05) is 13.5 Å². The van der Waals surface area contributed by atoms with Crippen molar-refractivity contribution in [1.29, 1.82) is 0 Å². The molecule has 0 N–H and O–H groups in total. The smallest absolute Gasteiger partial charge is 0.00171 e. The third-order valence-corrected chi connectivity index (χ3v) is 3.15. The highest BCUT2D eigenvalue weighted by molar-refractivity contribution is 6.64. The van der Waals surface area contributed by atoms with Crippen molar-refractivity contribution in [2.24, 2.45) is 0 Å². The van der Waals surface area contributed by atoms with Gasteiger partial charge in [-0.3, -0.25) is 0 Å². The Labute approximate surface area is 47.8 Å². The SMILES string of the molecule is [CH2]CC=[Si](C)CC. The Bertz CT molecular complexity index is 64.6. The molecule has 0 heterocycles. The summed E-state index contributed by atoms with van der Waals surface area (Å²) in [6.07, 6.45) is 1.01. The van der Waals surface area contributed by atoms with Gasteiger partial charge >= 0.3 is 0 Å². The van der Waals surface area contributed by atoms with Crippen LogP contribution in [0.3, 0.4) is 0 Å². The lowest BCUT2D eigenvalue weighted by Gasteiger charge is -1.86. The van der Waals surface area contributed by atoms with Crippen LogP contribution < -0.4 is 0 Å². The van der Waals surface area contributed by atoms with Gasteiger partial charge in [0.2, 0.25) is 0 Å². The summed E-state index contributed by atoms with van der Waals surface area (Å²) in [7, 11) is -0.0674. The molecule has 0 unspecified atom stereocenters. The maximum absolute atomic E-state index is 3.74. The van der Waals surface area contributed by atoms with E-state index in [2.05, 4.69) is 26.1 Å². The molecule has 0 fully saturated rings. The second kappa shape index (κ2) is 4.25. The van der Waals surface area contributed by atoms with Crippen molar-refractivity contribution < 1.29 is 0 Å². The second-order valence-corrected chi connectivity index (χ2v) is 4.50. The summed E-state index contributed by atoms with van der Waals surface area (Å²) in [4.78, 5) is 0. The predicted molar refractivity (Wildman–Crippen MR) is 38.1 cm³/mol. The van der Waals surface area contributed by atoms with E-state index in [1.165, 1.54) is 6.04 Å². The van der Waals surface area contributed by atoms with E-state index in [1.54, 1.807) is 0 Å². The summed E-state index contributed by atoms with van der Waals surface area (Å²) in [5, 5.41) is 0. The van der Waals surface area contributed by atoms with Crippen LogP contribution in [0.4, 0.5) is 0 Å². The fourth-order valence-corrected chi connectivity index (χ4v) is 1.17. The Kier molecular flexibility index (Phi) is 4.30. The summed E-state index contributed by atoms with van der Waals surface area (Å²) in [6.45, 7) is 8.30. The van der Waals surface area contributed by atoms with E-state index in [1.807, 2.05) is 0 Å². The lowest BCUT2D eigenvalue weighted by molar-refractivity contribution is 1.44. The Hall–Kier alpha value is 0.0869. The summed E-state index contributed by atoms with van der Waals surface area (Å²) < 4.78 is 0. The Morgan fingerprint density at radius 1 is 1.71 bits per heavy atom. The zero-order valence-electron chi connectivity index (χ0n) is 5.20. The first-order chi connectivity index (χ1) is 3.31. The van der Waals surface area contributed by atoms with Crippen molar-refractivity contribution in [3.05, 3.63) is 6.92 Å². The Morgan fingerprint density at radius 3 is 2.43 bits per heavy atom. The van der Waals surface area contributed by atoms with Gasteiger partial charge in [-0.25, -0.2) is 0 Å².